The third-order valence-electron chi connectivity index (χ3n) is 8.05. The number of benzene rings is 5. The lowest BCUT2D eigenvalue weighted by Gasteiger charge is -2.20. The predicted octanol–water partition coefficient (Wildman–Crippen LogP) is 8.26. The van der Waals surface area contributed by atoms with E-state index in [9.17, 15) is 33.5 Å². The maximum atomic E-state index is 13.7. The van der Waals surface area contributed by atoms with Gasteiger partial charge in [-0.1, -0.05) is 42.5 Å². The number of halogens is 1. The molecule has 0 heterocycles. The predicted molar refractivity (Wildman–Crippen MR) is 214 cm³/mol. The molecule has 5 aromatic rings. The van der Waals surface area contributed by atoms with E-state index >= 15 is 0 Å². The lowest BCUT2D eigenvalue weighted by Crippen LogP contribution is -2.25. The van der Waals surface area contributed by atoms with Crippen LogP contribution in [0.15, 0.2) is 109 Å². The van der Waals surface area contributed by atoms with Crippen molar-refractivity contribution >= 4 is 46.7 Å². The summed E-state index contributed by atoms with van der Waals surface area (Å²) < 4.78 is 36.6. The van der Waals surface area contributed by atoms with E-state index in [2.05, 4.69) is 16.0 Å². The zero-order chi connectivity index (χ0) is 41.8. The Bertz CT molecular complexity index is 2290. The SMILES string of the molecule is CC(=O)Nc1ccc(C(=O)Nc2ccc(C(=O)Nc3ccc(C(=O)O)cc3OCc3ccc(F)cc3)cc2OCCC(=O)OC(C)(C)C)cc1OCc1ccccc1. The smallest absolute Gasteiger partial charge is 0.335 e. The Hall–Kier alpha value is -7.22. The highest BCUT2D eigenvalue weighted by molar-refractivity contribution is 6.08. The lowest BCUT2D eigenvalue weighted by molar-refractivity contribution is -0.155. The molecular formula is C44H42FN3O10. The molecule has 5 rings (SSSR count). The van der Waals surface area contributed by atoms with Crippen molar-refractivity contribution in [1.82, 2.24) is 0 Å². The van der Waals surface area contributed by atoms with Crippen molar-refractivity contribution in [2.45, 2.75) is 52.9 Å². The average molecular weight is 792 g/mol. The molecule has 0 bridgehead atoms. The van der Waals surface area contributed by atoms with Gasteiger partial charge < -0.3 is 40.0 Å². The van der Waals surface area contributed by atoms with Crippen molar-refractivity contribution in [2.24, 2.45) is 0 Å². The maximum Gasteiger partial charge on any atom is 0.335 e. The van der Waals surface area contributed by atoms with E-state index in [0.29, 0.717) is 11.3 Å². The van der Waals surface area contributed by atoms with Crippen molar-refractivity contribution < 1.29 is 52.4 Å². The van der Waals surface area contributed by atoms with E-state index in [1.54, 1.807) is 26.8 Å². The summed E-state index contributed by atoms with van der Waals surface area (Å²) in [6, 6.07) is 27.6. The summed E-state index contributed by atoms with van der Waals surface area (Å²) in [5, 5.41) is 17.8. The van der Waals surface area contributed by atoms with Gasteiger partial charge in [-0.3, -0.25) is 19.2 Å². The number of rotatable bonds is 16. The fourth-order valence-corrected chi connectivity index (χ4v) is 5.34. The molecule has 0 aliphatic rings. The summed E-state index contributed by atoms with van der Waals surface area (Å²) in [6.45, 7) is 6.51. The Morgan fingerprint density at radius 2 is 1.07 bits per heavy atom. The minimum absolute atomic E-state index is 0.0481. The van der Waals surface area contributed by atoms with E-state index in [4.69, 9.17) is 18.9 Å². The highest BCUT2D eigenvalue weighted by Crippen LogP contribution is 2.32. The van der Waals surface area contributed by atoms with E-state index < -0.39 is 35.2 Å². The van der Waals surface area contributed by atoms with Gasteiger partial charge in [0.2, 0.25) is 5.91 Å². The number of hydrogen-bond acceptors (Lipinski definition) is 9. The van der Waals surface area contributed by atoms with Crippen molar-refractivity contribution in [3.05, 3.63) is 143 Å². The molecule has 0 saturated carbocycles. The minimum Gasteiger partial charge on any atom is -0.491 e. The second kappa shape index (κ2) is 19.1. The number of carboxylic acid groups (broad SMARTS) is 1. The third kappa shape index (κ3) is 12.4. The van der Waals surface area contributed by atoms with Crippen LogP contribution >= 0.6 is 0 Å². The Kier molecular flexibility index (Phi) is 13.8. The Morgan fingerprint density at radius 1 is 0.603 bits per heavy atom. The molecule has 0 unspecified atom stereocenters. The molecule has 0 radical (unpaired) electrons. The molecule has 5 aromatic carbocycles. The molecule has 0 fully saturated rings. The monoisotopic (exact) mass is 791 g/mol. The molecule has 58 heavy (non-hydrogen) atoms. The topological polar surface area (TPSA) is 179 Å². The summed E-state index contributed by atoms with van der Waals surface area (Å²) in [5.74, 6) is -3.36. The van der Waals surface area contributed by atoms with Crippen LogP contribution in [0.25, 0.3) is 0 Å². The minimum atomic E-state index is -1.21. The number of hydrogen-bond donors (Lipinski definition) is 4. The second-order valence-electron chi connectivity index (χ2n) is 13.9. The second-order valence-corrected chi connectivity index (χ2v) is 13.9. The van der Waals surface area contributed by atoms with Crippen molar-refractivity contribution in [3.63, 3.8) is 0 Å². The van der Waals surface area contributed by atoms with Crippen LogP contribution < -0.4 is 30.2 Å². The first-order chi connectivity index (χ1) is 27.6. The Labute approximate surface area is 334 Å². The highest BCUT2D eigenvalue weighted by atomic mass is 19.1. The number of carbonyl (C=O) groups excluding carboxylic acids is 4. The van der Waals surface area contributed by atoms with Crippen molar-refractivity contribution in [3.8, 4) is 17.2 Å². The third-order valence-corrected chi connectivity index (χ3v) is 8.05. The van der Waals surface area contributed by atoms with E-state index in [-0.39, 0.29) is 77.5 Å². The molecule has 300 valence electrons. The Balaban J connectivity index is 1.39. The van der Waals surface area contributed by atoms with E-state index in [0.717, 1.165) is 5.56 Å². The van der Waals surface area contributed by atoms with Gasteiger partial charge in [0.25, 0.3) is 11.8 Å². The number of carbonyl (C=O) groups is 5. The van der Waals surface area contributed by atoms with Gasteiger partial charge in [0.1, 0.15) is 41.9 Å². The van der Waals surface area contributed by atoms with Gasteiger partial charge in [0, 0.05) is 18.1 Å². The molecule has 0 aliphatic heterocycles. The molecule has 4 N–H and O–H groups in total. The summed E-state index contributed by atoms with van der Waals surface area (Å²) in [6.07, 6.45) is -0.140. The number of ether oxygens (including phenoxy) is 4. The molecule has 0 aliphatic carbocycles. The molecule has 13 nitrogen and oxygen atoms in total. The van der Waals surface area contributed by atoms with Crippen LogP contribution in [0.3, 0.4) is 0 Å². The molecule has 14 heteroatoms. The maximum absolute atomic E-state index is 13.7. The van der Waals surface area contributed by atoms with Crippen LogP contribution in [-0.2, 0) is 27.5 Å². The van der Waals surface area contributed by atoms with Crippen LogP contribution in [0, 0.1) is 5.82 Å². The number of nitrogens with one attached hydrogen (secondary N) is 3. The average Bonchev–Trinajstić information content (AvgIpc) is 3.17. The van der Waals surface area contributed by atoms with Gasteiger partial charge >= 0.3 is 11.9 Å². The molecule has 0 aromatic heterocycles. The number of aromatic carboxylic acids is 1. The quantitative estimate of drug-likeness (QED) is 0.0711. The van der Waals surface area contributed by atoms with Crippen LogP contribution in [0.4, 0.5) is 21.5 Å². The van der Waals surface area contributed by atoms with Gasteiger partial charge in [0.05, 0.1) is 35.7 Å². The zero-order valence-corrected chi connectivity index (χ0v) is 32.2. The van der Waals surface area contributed by atoms with Gasteiger partial charge in [-0.05, 0) is 98.6 Å². The standard InChI is InChI=1S/C44H42FN3O10/c1-27(49)46-34-17-12-31(23-38(34)56-25-28-8-6-5-7-9-28)42(52)47-35-18-13-30(22-37(35)55-21-20-40(50)58-44(2,3)4)41(51)48-36-19-14-32(43(53)54)24-39(36)57-26-29-10-15-33(45)16-11-29/h5-19,22-24H,20-21,25-26H2,1-4H3,(H,46,49)(H,47,52)(H,48,51)(H,53,54). The molecule has 0 saturated heterocycles. The highest BCUT2D eigenvalue weighted by Gasteiger charge is 2.20. The number of anilines is 3. The van der Waals surface area contributed by atoms with Crippen molar-refractivity contribution in [1.29, 1.82) is 0 Å². The number of amides is 3. The molecule has 3 amide bonds. The van der Waals surface area contributed by atoms with Gasteiger partial charge in [-0.2, -0.15) is 0 Å². The van der Waals surface area contributed by atoms with Crippen LogP contribution in [0.5, 0.6) is 17.2 Å². The largest absolute Gasteiger partial charge is 0.491 e. The Morgan fingerprint density at radius 3 is 1.57 bits per heavy atom. The van der Waals surface area contributed by atoms with E-state index in [1.165, 1.54) is 79.7 Å². The van der Waals surface area contributed by atoms with Crippen LogP contribution in [-0.4, -0.2) is 47.0 Å². The molecular weight excluding hydrogens is 749 g/mol. The van der Waals surface area contributed by atoms with Crippen LogP contribution in [0.2, 0.25) is 0 Å². The summed E-state index contributed by atoms with van der Waals surface area (Å²) >= 11 is 0. The first-order valence-corrected chi connectivity index (χ1v) is 18.1. The van der Waals surface area contributed by atoms with E-state index in [1.807, 2.05) is 30.3 Å². The number of esters is 1. The fourth-order valence-electron chi connectivity index (χ4n) is 5.34. The van der Waals surface area contributed by atoms with Gasteiger partial charge in [0.15, 0.2) is 0 Å². The van der Waals surface area contributed by atoms with Gasteiger partial charge in [-0.15, -0.1) is 0 Å². The number of carboxylic acids is 1. The normalized spacial score (nSPS) is 10.8. The summed E-state index contributed by atoms with van der Waals surface area (Å²) in [5.41, 5.74) is 1.59. The summed E-state index contributed by atoms with van der Waals surface area (Å²) in [4.78, 5) is 63.4. The van der Waals surface area contributed by atoms with Crippen LogP contribution in [0.1, 0.15) is 76.3 Å². The lowest BCUT2D eigenvalue weighted by atomic mass is 10.1. The fraction of sp³-hybridized carbons (Fsp3) is 0.205. The zero-order valence-electron chi connectivity index (χ0n) is 32.2. The first kappa shape index (κ1) is 41.9. The van der Waals surface area contributed by atoms with Gasteiger partial charge in [-0.25, -0.2) is 9.18 Å². The van der Waals surface area contributed by atoms with Crippen molar-refractivity contribution in [2.75, 3.05) is 22.6 Å². The molecule has 0 atom stereocenters. The summed E-state index contributed by atoms with van der Waals surface area (Å²) in [7, 11) is 0. The molecule has 0 spiro atoms. The first-order valence-electron chi connectivity index (χ1n) is 18.1.